The van der Waals surface area contributed by atoms with Gasteiger partial charge in [0, 0.05) is 17.0 Å². The van der Waals surface area contributed by atoms with E-state index in [-0.39, 0.29) is 0 Å². The molecule has 0 atom stereocenters. The van der Waals surface area contributed by atoms with Crippen molar-refractivity contribution in [2.75, 3.05) is 6.54 Å². The van der Waals surface area contributed by atoms with Crippen LogP contribution in [-0.2, 0) is 13.1 Å². The Bertz CT molecular complexity index is 807. The summed E-state index contributed by atoms with van der Waals surface area (Å²) in [6, 6.07) is 12.4. The number of aryl methyl sites for hydroxylation is 1. The third kappa shape index (κ3) is 4.90. The summed E-state index contributed by atoms with van der Waals surface area (Å²) >= 11 is 3.43. The van der Waals surface area contributed by atoms with Crippen LogP contribution in [0.3, 0.4) is 0 Å². The minimum Gasteiger partial charge on any atom is -0.357 e. The summed E-state index contributed by atoms with van der Waals surface area (Å²) in [5.41, 5.74) is 3.48. The van der Waals surface area contributed by atoms with E-state index in [0.29, 0.717) is 6.54 Å². The zero-order valence-electron chi connectivity index (χ0n) is 14.5. The number of benzene rings is 1. The molecule has 130 valence electrons. The molecule has 2 aromatic heterocycles. The Balaban J connectivity index is 1.66. The first-order valence-electron chi connectivity index (χ1n) is 8.31. The normalized spacial score (nSPS) is 11.5. The monoisotopic (exact) mass is 370 g/mol. The van der Waals surface area contributed by atoms with E-state index in [0.717, 1.165) is 29.8 Å². The van der Waals surface area contributed by atoms with Crippen molar-refractivity contribution in [1.29, 1.82) is 0 Å². The molecule has 0 radical (unpaired) electrons. The first-order valence-corrected chi connectivity index (χ1v) is 10.1. The number of hydrogen-bond donors (Lipinski definition) is 2. The number of rotatable bonds is 6. The first-order chi connectivity index (χ1) is 12.3. The molecule has 0 aliphatic carbocycles. The Morgan fingerprint density at radius 1 is 1.16 bits per heavy atom. The van der Waals surface area contributed by atoms with Crippen LogP contribution in [0.5, 0.6) is 0 Å². The second kappa shape index (κ2) is 8.78. The third-order valence-corrected chi connectivity index (χ3v) is 5.61. The van der Waals surface area contributed by atoms with Crippen molar-refractivity contribution in [2.45, 2.75) is 26.9 Å². The van der Waals surface area contributed by atoms with E-state index < -0.39 is 0 Å². The lowest BCUT2D eigenvalue weighted by Crippen LogP contribution is -2.36. The molecule has 2 N–H and O–H groups in total. The van der Waals surface area contributed by atoms with Crippen LogP contribution in [0.2, 0.25) is 0 Å². The number of aromatic nitrogens is 1. The van der Waals surface area contributed by atoms with Crippen molar-refractivity contribution in [3.63, 3.8) is 0 Å². The quantitative estimate of drug-likeness (QED) is 0.498. The molecule has 1 aromatic carbocycles. The minimum atomic E-state index is 0.690. The van der Waals surface area contributed by atoms with Gasteiger partial charge in [-0.15, -0.1) is 11.3 Å². The molecule has 4 nitrogen and oxygen atoms in total. The number of nitrogens with one attached hydrogen (secondary N) is 2. The Kier molecular flexibility index (Phi) is 6.19. The smallest absolute Gasteiger partial charge is 0.191 e. The van der Waals surface area contributed by atoms with E-state index in [9.17, 15) is 0 Å². The second-order valence-electron chi connectivity index (χ2n) is 5.57. The highest BCUT2D eigenvalue weighted by Gasteiger charge is 2.09. The minimum absolute atomic E-state index is 0.690. The zero-order valence-corrected chi connectivity index (χ0v) is 16.1. The summed E-state index contributed by atoms with van der Waals surface area (Å²) in [5, 5.41) is 12.0. The fourth-order valence-corrected chi connectivity index (χ4v) is 4.02. The van der Waals surface area contributed by atoms with Gasteiger partial charge in [-0.25, -0.2) is 9.98 Å². The highest BCUT2D eigenvalue weighted by Crippen LogP contribution is 2.27. The maximum absolute atomic E-state index is 4.71. The summed E-state index contributed by atoms with van der Waals surface area (Å²) in [6.45, 7) is 6.40. The van der Waals surface area contributed by atoms with Gasteiger partial charge in [-0.05, 0) is 36.2 Å². The lowest BCUT2D eigenvalue weighted by Gasteiger charge is -2.10. The van der Waals surface area contributed by atoms with Gasteiger partial charge in [0.2, 0.25) is 0 Å². The number of hydrogen-bond acceptors (Lipinski definition) is 4. The zero-order chi connectivity index (χ0) is 17.5. The molecule has 25 heavy (non-hydrogen) atoms. The largest absolute Gasteiger partial charge is 0.357 e. The van der Waals surface area contributed by atoms with Gasteiger partial charge in [0.25, 0.3) is 0 Å². The molecule has 0 spiro atoms. The molecule has 0 unspecified atom stereocenters. The fourth-order valence-electron chi connectivity index (χ4n) is 2.35. The van der Waals surface area contributed by atoms with Crippen LogP contribution in [0, 0.1) is 6.92 Å². The lowest BCUT2D eigenvalue weighted by molar-refractivity contribution is 0.819. The Morgan fingerprint density at radius 3 is 2.72 bits per heavy atom. The van der Waals surface area contributed by atoms with Crippen molar-refractivity contribution in [3.8, 4) is 10.6 Å². The highest BCUT2D eigenvalue weighted by molar-refractivity contribution is 7.15. The molecule has 0 saturated heterocycles. The van der Waals surface area contributed by atoms with Gasteiger partial charge in [0.15, 0.2) is 5.96 Å². The van der Waals surface area contributed by atoms with E-state index in [1.807, 2.05) is 18.2 Å². The van der Waals surface area contributed by atoms with E-state index in [4.69, 9.17) is 4.98 Å². The van der Waals surface area contributed by atoms with Crippen LogP contribution in [-0.4, -0.2) is 17.5 Å². The SMILES string of the molecule is CCNC(=NCc1ccsc1)NCc1sc(-c2ccccc2)nc1C. The number of guanidine groups is 1. The summed E-state index contributed by atoms with van der Waals surface area (Å²) in [7, 11) is 0. The van der Waals surface area contributed by atoms with Crippen LogP contribution >= 0.6 is 22.7 Å². The fraction of sp³-hybridized carbons (Fsp3) is 0.263. The average Bonchev–Trinajstić information content (AvgIpc) is 3.28. The lowest BCUT2D eigenvalue weighted by atomic mass is 10.2. The molecule has 0 bridgehead atoms. The van der Waals surface area contributed by atoms with Crippen LogP contribution in [0.15, 0.2) is 52.2 Å². The van der Waals surface area contributed by atoms with E-state index in [1.54, 1.807) is 22.7 Å². The maximum atomic E-state index is 4.71. The highest BCUT2D eigenvalue weighted by atomic mass is 32.1. The van der Waals surface area contributed by atoms with Crippen LogP contribution < -0.4 is 10.6 Å². The van der Waals surface area contributed by atoms with Gasteiger partial charge in [-0.2, -0.15) is 11.3 Å². The van der Waals surface area contributed by atoms with Gasteiger partial charge < -0.3 is 10.6 Å². The molecule has 0 aliphatic heterocycles. The molecule has 3 rings (SSSR count). The molecule has 0 saturated carbocycles. The molecular formula is C19H22N4S2. The van der Waals surface area contributed by atoms with Crippen LogP contribution in [0.25, 0.3) is 10.6 Å². The van der Waals surface area contributed by atoms with E-state index in [2.05, 4.69) is 58.4 Å². The van der Waals surface area contributed by atoms with Crippen LogP contribution in [0.1, 0.15) is 23.1 Å². The van der Waals surface area contributed by atoms with Gasteiger partial charge in [-0.1, -0.05) is 30.3 Å². The third-order valence-electron chi connectivity index (χ3n) is 3.67. The van der Waals surface area contributed by atoms with E-state index >= 15 is 0 Å². The number of nitrogens with zero attached hydrogens (tertiary/aromatic N) is 2. The summed E-state index contributed by atoms with van der Waals surface area (Å²) in [6.07, 6.45) is 0. The average molecular weight is 371 g/mol. The summed E-state index contributed by atoms with van der Waals surface area (Å²) < 4.78 is 0. The van der Waals surface area contributed by atoms with Crippen LogP contribution in [0.4, 0.5) is 0 Å². The second-order valence-corrected chi connectivity index (χ2v) is 7.44. The molecule has 0 amide bonds. The number of thiophene rings is 1. The van der Waals surface area contributed by atoms with Gasteiger partial charge in [0.1, 0.15) is 5.01 Å². The molecule has 0 aliphatic rings. The molecular weight excluding hydrogens is 348 g/mol. The molecule has 3 aromatic rings. The molecule has 2 heterocycles. The van der Waals surface area contributed by atoms with Crippen molar-refractivity contribution >= 4 is 28.6 Å². The summed E-state index contributed by atoms with van der Waals surface area (Å²) in [4.78, 5) is 10.6. The standard InChI is InChI=1S/C19H22N4S2/c1-3-20-19(21-11-15-9-10-24-13-15)22-12-17-14(2)23-18(25-17)16-7-5-4-6-8-16/h4-10,13H,3,11-12H2,1-2H3,(H2,20,21,22). The van der Waals surface area contributed by atoms with E-state index in [1.165, 1.54) is 16.0 Å². The molecule has 6 heteroatoms. The first kappa shape index (κ1) is 17.6. The summed E-state index contributed by atoms with van der Waals surface area (Å²) in [5.74, 6) is 0.836. The Hall–Kier alpha value is -2.18. The number of aliphatic imine (C=N–C) groups is 1. The Morgan fingerprint density at radius 2 is 2.00 bits per heavy atom. The van der Waals surface area contributed by atoms with Gasteiger partial charge >= 0.3 is 0 Å². The van der Waals surface area contributed by atoms with Crippen molar-refractivity contribution < 1.29 is 0 Å². The topological polar surface area (TPSA) is 49.3 Å². The predicted molar refractivity (Wildman–Crippen MR) is 108 cm³/mol. The molecule has 0 fully saturated rings. The predicted octanol–water partition coefficient (Wildman–Crippen LogP) is 4.44. The number of thiazole rings is 1. The van der Waals surface area contributed by atoms with Crippen molar-refractivity contribution in [3.05, 3.63) is 63.3 Å². The Labute approximate surface area is 156 Å². The van der Waals surface area contributed by atoms with Gasteiger partial charge in [-0.3, -0.25) is 0 Å². The van der Waals surface area contributed by atoms with Crippen molar-refractivity contribution in [2.24, 2.45) is 4.99 Å². The maximum Gasteiger partial charge on any atom is 0.191 e. The van der Waals surface area contributed by atoms with Gasteiger partial charge in [0.05, 0.1) is 18.8 Å². The van der Waals surface area contributed by atoms with Crippen molar-refractivity contribution in [1.82, 2.24) is 15.6 Å².